The first-order valence-electron chi connectivity index (χ1n) is 9.61. The van der Waals surface area contributed by atoms with Gasteiger partial charge in [0, 0.05) is 16.5 Å². The van der Waals surface area contributed by atoms with Gasteiger partial charge in [0.15, 0.2) is 17.3 Å². The summed E-state index contributed by atoms with van der Waals surface area (Å²) in [5.41, 5.74) is 1.38. The largest absolute Gasteiger partial charge is 0.494 e. The molecule has 148 valence electrons. The highest BCUT2D eigenvalue weighted by Crippen LogP contribution is 2.46. The quantitative estimate of drug-likeness (QED) is 0.389. The third-order valence-corrected chi connectivity index (χ3v) is 5.51. The maximum absolute atomic E-state index is 14.6. The summed E-state index contributed by atoms with van der Waals surface area (Å²) in [4.78, 5) is 0. The molecule has 5 rings (SSSR count). The summed E-state index contributed by atoms with van der Waals surface area (Å²) >= 11 is 0. The minimum absolute atomic E-state index is 0.174. The highest BCUT2D eigenvalue weighted by atomic mass is 19.1. The van der Waals surface area contributed by atoms with Crippen LogP contribution in [0.1, 0.15) is 22.5 Å². The fourth-order valence-electron chi connectivity index (χ4n) is 4.01. The Hall–Kier alpha value is -3.79. The van der Waals surface area contributed by atoms with E-state index in [2.05, 4.69) is 12.6 Å². The Morgan fingerprint density at radius 1 is 1.07 bits per heavy atom. The summed E-state index contributed by atoms with van der Waals surface area (Å²) in [5.74, 6) is 0.974. The van der Waals surface area contributed by atoms with Crippen LogP contribution < -0.4 is 9.47 Å². The molecule has 3 nitrogen and oxygen atoms in total. The molecule has 0 amide bonds. The van der Waals surface area contributed by atoms with Gasteiger partial charge in [0.2, 0.25) is 5.60 Å². The summed E-state index contributed by atoms with van der Waals surface area (Å²) in [7, 11) is 1.44. The molecule has 0 bridgehead atoms. The van der Waals surface area contributed by atoms with Gasteiger partial charge < -0.3 is 13.9 Å². The highest BCUT2D eigenvalue weighted by molar-refractivity contribution is 5.96. The first-order valence-corrected chi connectivity index (χ1v) is 9.61. The van der Waals surface area contributed by atoms with Crippen LogP contribution in [0.15, 0.2) is 84.0 Å². The molecule has 4 aromatic rings. The van der Waals surface area contributed by atoms with Crippen LogP contribution in [0.3, 0.4) is 0 Å². The van der Waals surface area contributed by atoms with E-state index in [0.717, 1.165) is 21.9 Å². The molecule has 0 fully saturated rings. The smallest absolute Gasteiger partial charge is 0.210 e. The molecule has 1 aliphatic rings. The van der Waals surface area contributed by atoms with Crippen molar-refractivity contribution < 1.29 is 18.3 Å². The molecule has 1 aromatic heterocycles. The van der Waals surface area contributed by atoms with Gasteiger partial charge in [-0.1, -0.05) is 43.0 Å². The van der Waals surface area contributed by atoms with E-state index in [-0.39, 0.29) is 5.75 Å². The van der Waals surface area contributed by atoms with Crippen LogP contribution >= 0.6 is 0 Å². The number of hydrogen-bond acceptors (Lipinski definition) is 3. The normalized spacial score (nSPS) is 17.4. The number of halogens is 1. The molecule has 0 radical (unpaired) electrons. The lowest BCUT2D eigenvalue weighted by molar-refractivity contribution is 0.134. The fourth-order valence-corrected chi connectivity index (χ4v) is 4.01. The van der Waals surface area contributed by atoms with Gasteiger partial charge in [0.25, 0.3) is 0 Å². The van der Waals surface area contributed by atoms with E-state index >= 15 is 0 Å². The van der Waals surface area contributed by atoms with Gasteiger partial charge in [-0.3, -0.25) is 0 Å². The van der Waals surface area contributed by atoms with Crippen molar-refractivity contribution in [3.05, 3.63) is 108 Å². The molecule has 4 heteroatoms. The molecular formula is C26H19FO3. The molecule has 30 heavy (non-hydrogen) atoms. The Balaban J connectivity index is 1.79. The SMILES string of the molecule is C=Cc1cc2ccccc2c2c1C=CC(c1ccc(OC)c(F)c1)(c1ccco1)O2. The predicted octanol–water partition coefficient (Wildman–Crippen LogP) is 6.57. The van der Waals surface area contributed by atoms with Crippen molar-refractivity contribution in [3.8, 4) is 11.5 Å². The molecule has 0 aliphatic carbocycles. The van der Waals surface area contributed by atoms with Crippen LogP contribution in [0.25, 0.3) is 22.9 Å². The minimum atomic E-state index is -1.12. The van der Waals surface area contributed by atoms with Crippen molar-refractivity contribution in [3.63, 3.8) is 0 Å². The molecule has 0 N–H and O–H groups in total. The zero-order valence-electron chi connectivity index (χ0n) is 16.4. The maximum atomic E-state index is 14.6. The second-order valence-corrected chi connectivity index (χ2v) is 7.13. The summed E-state index contributed by atoms with van der Waals surface area (Å²) in [5, 5.41) is 2.00. The van der Waals surface area contributed by atoms with Crippen LogP contribution in [0.5, 0.6) is 11.5 Å². The fraction of sp³-hybridized carbons (Fsp3) is 0.0769. The number of fused-ring (bicyclic) bond motifs is 3. The third-order valence-electron chi connectivity index (χ3n) is 5.51. The third kappa shape index (κ3) is 2.65. The number of hydrogen-bond donors (Lipinski definition) is 0. The van der Waals surface area contributed by atoms with Gasteiger partial charge >= 0.3 is 0 Å². The number of benzene rings is 3. The first-order chi connectivity index (χ1) is 14.7. The predicted molar refractivity (Wildman–Crippen MR) is 116 cm³/mol. The van der Waals surface area contributed by atoms with Crippen LogP contribution in [-0.2, 0) is 5.60 Å². The second kappa shape index (κ2) is 6.92. The number of methoxy groups -OCH3 is 1. The lowest BCUT2D eigenvalue weighted by atomic mass is 9.86. The van der Waals surface area contributed by atoms with Crippen molar-refractivity contribution in [2.45, 2.75) is 5.60 Å². The Morgan fingerprint density at radius 3 is 2.67 bits per heavy atom. The average Bonchev–Trinajstić information content (AvgIpc) is 3.33. The molecule has 0 saturated heterocycles. The standard InChI is InChI=1S/C26H19FO3/c1-3-17-15-18-7-4-5-8-20(18)25-21(17)12-13-26(30-25,24-9-6-14-29-24)19-10-11-23(28-2)22(27)16-19/h3-16H,1H2,2H3. The molecule has 1 aliphatic heterocycles. The summed E-state index contributed by atoms with van der Waals surface area (Å²) in [6, 6.07) is 18.5. The van der Waals surface area contributed by atoms with Crippen LogP contribution in [-0.4, -0.2) is 7.11 Å². The van der Waals surface area contributed by atoms with Gasteiger partial charge in [0.1, 0.15) is 5.75 Å². The van der Waals surface area contributed by atoms with E-state index in [4.69, 9.17) is 13.9 Å². The lowest BCUT2D eigenvalue weighted by Gasteiger charge is -2.35. The molecule has 2 heterocycles. The van der Waals surface area contributed by atoms with E-state index < -0.39 is 11.4 Å². The summed E-state index contributed by atoms with van der Waals surface area (Å²) < 4.78 is 32.2. The zero-order valence-corrected chi connectivity index (χ0v) is 16.4. The van der Waals surface area contributed by atoms with Crippen LogP contribution in [0, 0.1) is 5.82 Å². The van der Waals surface area contributed by atoms with Gasteiger partial charge in [-0.05, 0) is 53.4 Å². The van der Waals surface area contributed by atoms with E-state index in [1.807, 2.05) is 48.6 Å². The van der Waals surface area contributed by atoms with E-state index in [9.17, 15) is 4.39 Å². The molecule has 1 unspecified atom stereocenters. The average molecular weight is 398 g/mol. The van der Waals surface area contributed by atoms with Gasteiger partial charge in [0.05, 0.1) is 13.4 Å². The van der Waals surface area contributed by atoms with Gasteiger partial charge in [-0.2, -0.15) is 0 Å². The molecule has 1 atom stereocenters. The number of furan rings is 1. The molecular weight excluding hydrogens is 379 g/mol. The first kappa shape index (κ1) is 18.3. The zero-order chi connectivity index (χ0) is 20.7. The van der Waals surface area contributed by atoms with Gasteiger partial charge in [-0.15, -0.1) is 0 Å². The Kier molecular flexibility index (Phi) is 4.21. The van der Waals surface area contributed by atoms with Crippen LogP contribution in [0.4, 0.5) is 4.39 Å². The van der Waals surface area contributed by atoms with Crippen molar-refractivity contribution in [1.29, 1.82) is 0 Å². The summed E-state index contributed by atoms with van der Waals surface area (Å²) in [6.45, 7) is 3.95. The Bertz CT molecular complexity index is 1290. The number of rotatable bonds is 4. The van der Waals surface area contributed by atoms with E-state index in [0.29, 0.717) is 17.1 Å². The molecule has 0 spiro atoms. The van der Waals surface area contributed by atoms with E-state index in [1.54, 1.807) is 24.5 Å². The molecule has 0 saturated carbocycles. The highest BCUT2D eigenvalue weighted by Gasteiger charge is 2.41. The topological polar surface area (TPSA) is 31.6 Å². The summed E-state index contributed by atoms with van der Waals surface area (Å²) in [6.07, 6.45) is 7.29. The van der Waals surface area contributed by atoms with Crippen molar-refractivity contribution in [2.24, 2.45) is 0 Å². The Morgan fingerprint density at radius 2 is 1.93 bits per heavy atom. The van der Waals surface area contributed by atoms with Crippen molar-refractivity contribution >= 4 is 22.9 Å². The monoisotopic (exact) mass is 398 g/mol. The molecule has 3 aromatic carbocycles. The number of ether oxygens (including phenoxy) is 2. The van der Waals surface area contributed by atoms with E-state index in [1.165, 1.54) is 13.2 Å². The Labute approximate surface area is 173 Å². The van der Waals surface area contributed by atoms with Crippen molar-refractivity contribution in [1.82, 2.24) is 0 Å². The van der Waals surface area contributed by atoms with Crippen molar-refractivity contribution in [2.75, 3.05) is 7.11 Å². The van der Waals surface area contributed by atoms with Gasteiger partial charge in [-0.25, -0.2) is 4.39 Å². The van der Waals surface area contributed by atoms with Crippen LogP contribution in [0.2, 0.25) is 0 Å². The second-order valence-electron chi connectivity index (χ2n) is 7.13. The lowest BCUT2D eigenvalue weighted by Crippen LogP contribution is -2.34. The minimum Gasteiger partial charge on any atom is -0.494 e. The maximum Gasteiger partial charge on any atom is 0.210 e.